The maximum absolute atomic E-state index is 11.7. The molecular weight excluding hydrogens is 230 g/mol. The minimum atomic E-state index is -0.241. The Balaban J connectivity index is 1.80. The third-order valence-corrected chi connectivity index (χ3v) is 3.42. The van der Waals surface area contributed by atoms with Crippen LogP contribution in [0.25, 0.3) is 0 Å². The fraction of sp³-hybridized carbons (Fsp3) is 0.538. The van der Waals surface area contributed by atoms with Gasteiger partial charge >= 0.3 is 6.03 Å². The topological polar surface area (TPSA) is 63.2 Å². The van der Waals surface area contributed by atoms with Gasteiger partial charge in [0, 0.05) is 19.9 Å². The number of anilines is 1. The summed E-state index contributed by atoms with van der Waals surface area (Å²) >= 11 is 0. The van der Waals surface area contributed by atoms with E-state index in [2.05, 4.69) is 15.6 Å². The lowest BCUT2D eigenvalue weighted by molar-refractivity contribution is -0.0671. The number of methoxy groups -OCH3 is 1. The molecule has 0 aliphatic heterocycles. The van der Waals surface area contributed by atoms with Crippen molar-refractivity contribution in [3.8, 4) is 0 Å². The number of nitrogens with one attached hydrogen (secondary N) is 2. The molecule has 0 aromatic carbocycles. The quantitative estimate of drug-likeness (QED) is 0.858. The van der Waals surface area contributed by atoms with E-state index in [1.807, 2.05) is 13.0 Å². The van der Waals surface area contributed by atoms with Gasteiger partial charge < -0.3 is 10.1 Å². The second-order valence-electron chi connectivity index (χ2n) is 4.77. The normalized spacial score (nSPS) is 16.8. The van der Waals surface area contributed by atoms with Crippen molar-refractivity contribution in [3.63, 3.8) is 0 Å². The SMILES string of the molecule is COC1(CNC(=O)Nc2ccc(C)cn2)CCC1. The van der Waals surface area contributed by atoms with E-state index >= 15 is 0 Å². The molecule has 18 heavy (non-hydrogen) atoms. The average Bonchev–Trinajstić information content (AvgIpc) is 2.31. The van der Waals surface area contributed by atoms with Crippen molar-refractivity contribution in [2.45, 2.75) is 31.8 Å². The maximum atomic E-state index is 11.7. The number of carbonyl (C=O) groups is 1. The molecule has 0 bridgehead atoms. The molecule has 2 amide bonds. The first-order chi connectivity index (χ1) is 8.63. The lowest BCUT2D eigenvalue weighted by Gasteiger charge is -2.40. The van der Waals surface area contributed by atoms with Crippen molar-refractivity contribution in [2.75, 3.05) is 19.0 Å². The van der Waals surface area contributed by atoms with E-state index in [1.165, 1.54) is 0 Å². The smallest absolute Gasteiger partial charge is 0.320 e. The van der Waals surface area contributed by atoms with Gasteiger partial charge in [-0.3, -0.25) is 5.32 Å². The number of urea groups is 1. The molecule has 98 valence electrons. The Bertz CT molecular complexity index is 407. The lowest BCUT2D eigenvalue weighted by Crippen LogP contribution is -2.50. The van der Waals surface area contributed by atoms with Crippen molar-refractivity contribution in [1.82, 2.24) is 10.3 Å². The van der Waals surface area contributed by atoms with Gasteiger partial charge in [-0.25, -0.2) is 9.78 Å². The summed E-state index contributed by atoms with van der Waals surface area (Å²) in [5, 5.41) is 5.52. The summed E-state index contributed by atoms with van der Waals surface area (Å²) in [6, 6.07) is 3.45. The molecular formula is C13H19N3O2. The average molecular weight is 249 g/mol. The van der Waals surface area contributed by atoms with Crippen molar-refractivity contribution in [2.24, 2.45) is 0 Å². The molecule has 1 aromatic heterocycles. The van der Waals surface area contributed by atoms with Gasteiger partial charge in [-0.2, -0.15) is 0 Å². The first-order valence-electron chi connectivity index (χ1n) is 6.16. The number of amides is 2. The lowest BCUT2D eigenvalue weighted by atomic mass is 9.80. The first kappa shape index (κ1) is 12.8. The summed E-state index contributed by atoms with van der Waals surface area (Å²) in [5.74, 6) is 0.554. The van der Waals surface area contributed by atoms with Crippen molar-refractivity contribution >= 4 is 11.8 Å². The molecule has 5 heteroatoms. The molecule has 0 unspecified atom stereocenters. The highest BCUT2D eigenvalue weighted by Crippen LogP contribution is 2.34. The van der Waals surface area contributed by atoms with Crippen LogP contribution in [0.1, 0.15) is 24.8 Å². The number of aryl methyl sites for hydroxylation is 1. The molecule has 1 aliphatic carbocycles. The largest absolute Gasteiger partial charge is 0.376 e. The molecule has 0 atom stereocenters. The van der Waals surface area contributed by atoms with Gasteiger partial charge in [0.2, 0.25) is 0 Å². The second kappa shape index (κ2) is 5.35. The van der Waals surface area contributed by atoms with Crippen LogP contribution in [0.4, 0.5) is 10.6 Å². The molecule has 1 saturated carbocycles. The van der Waals surface area contributed by atoms with Crippen LogP contribution < -0.4 is 10.6 Å². The number of ether oxygens (including phenoxy) is 1. The molecule has 2 N–H and O–H groups in total. The van der Waals surface area contributed by atoms with Crippen LogP contribution in [-0.2, 0) is 4.74 Å². The number of hydrogen-bond acceptors (Lipinski definition) is 3. The zero-order chi connectivity index (χ0) is 13.0. The predicted octanol–water partition coefficient (Wildman–Crippen LogP) is 2.08. The third-order valence-electron chi connectivity index (χ3n) is 3.42. The summed E-state index contributed by atoms with van der Waals surface area (Å²) in [6.45, 7) is 2.50. The Morgan fingerprint density at radius 1 is 1.50 bits per heavy atom. The highest BCUT2D eigenvalue weighted by atomic mass is 16.5. The number of rotatable bonds is 4. The summed E-state index contributed by atoms with van der Waals surface area (Å²) < 4.78 is 5.43. The molecule has 1 heterocycles. The van der Waals surface area contributed by atoms with Gasteiger partial charge in [-0.1, -0.05) is 6.07 Å². The summed E-state index contributed by atoms with van der Waals surface area (Å²) in [7, 11) is 1.69. The molecule has 1 aromatic rings. The first-order valence-corrected chi connectivity index (χ1v) is 6.16. The van der Waals surface area contributed by atoms with Crippen LogP contribution in [0.15, 0.2) is 18.3 Å². The molecule has 0 saturated heterocycles. The number of hydrogen-bond donors (Lipinski definition) is 2. The minimum Gasteiger partial charge on any atom is -0.376 e. The number of aromatic nitrogens is 1. The Hall–Kier alpha value is -1.62. The van der Waals surface area contributed by atoms with E-state index in [0.717, 1.165) is 24.8 Å². The number of carbonyl (C=O) groups excluding carboxylic acids is 1. The van der Waals surface area contributed by atoms with Crippen LogP contribution >= 0.6 is 0 Å². The van der Waals surface area contributed by atoms with Gasteiger partial charge in [-0.15, -0.1) is 0 Å². The summed E-state index contributed by atoms with van der Waals surface area (Å²) in [4.78, 5) is 15.8. The fourth-order valence-electron chi connectivity index (χ4n) is 1.97. The Morgan fingerprint density at radius 2 is 2.28 bits per heavy atom. The van der Waals surface area contributed by atoms with Gasteiger partial charge in [0.05, 0.1) is 5.60 Å². The van der Waals surface area contributed by atoms with E-state index in [4.69, 9.17) is 4.74 Å². The highest BCUT2D eigenvalue weighted by molar-refractivity contribution is 5.88. The molecule has 2 rings (SSSR count). The third kappa shape index (κ3) is 2.98. The van der Waals surface area contributed by atoms with Crippen LogP contribution in [0.3, 0.4) is 0 Å². The summed E-state index contributed by atoms with van der Waals surface area (Å²) in [5.41, 5.74) is 0.909. The van der Waals surface area contributed by atoms with Crippen molar-refractivity contribution in [3.05, 3.63) is 23.9 Å². The van der Waals surface area contributed by atoms with Gasteiger partial charge in [-0.05, 0) is 37.8 Å². The molecule has 1 aliphatic rings. The van der Waals surface area contributed by atoms with Gasteiger partial charge in [0.15, 0.2) is 0 Å². The molecule has 0 spiro atoms. The van der Waals surface area contributed by atoms with Crippen molar-refractivity contribution in [1.29, 1.82) is 0 Å². The van der Waals surface area contributed by atoms with E-state index in [9.17, 15) is 4.79 Å². The fourth-order valence-corrected chi connectivity index (χ4v) is 1.97. The molecule has 1 fully saturated rings. The zero-order valence-corrected chi connectivity index (χ0v) is 10.8. The van der Waals surface area contributed by atoms with Crippen molar-refractivity contribution < 1.29 is 9.53 Å². The second-order valence-corrected chi connectivity index (χ2v) is 4.77. The van der Waals surface area contributed by atoms with Crippen LogP contribution in [-0.4, -0.2) is 30.3 Å². The maximum Gasteiger partial charge on any atom is 0.320 e. The van der Waals surface area contributed by atoms with E-state index < -0.39 is 0 Å². The Morgan fingerprint density at radius 3 is 2.78 bits per heavy atom. The Labute approximate surface area is 107 Å². The highest BCUT2D eigenvalue weighted by Gasteiger charge is 2.37. The van der Waals surface area contributed by atoms with Gasteiger partial charge in [0.25, 0.3) is 0 Å². The number of pyridine rings is 1. The monoisotopic (exact) mass is 249 g/mol. The van der Waals surface area contributed by atoms with E-state index in [0.29, 0.717) is 12.4 Å². The van der Waals surface area contributed by atoms with E-state index in [-0.39, 0.29) is 11.6 Å². The minimum absolute atomic E-state index is 0.155. The molecule has 0 radical (unpaired) electrons. The zero-order valence-electron chi connectivity index (χ0n) is 10.8. The summed E-state index contributed by atoms with van der Waals surface area (Å²) in [6.07, 6.45) is 4.90. The van der Waals surface area contributed by atoms with Crippen LogP contribution in [0.5, 0.6) is 0 Å². The van der Waals surface area contributed by atoms with Gasteiger partial charge in [0.1, 0.15) is 5.82 Å². The van der Waals surface area contributed by atoms with Crippen LogP contribution in [0.2, 0.25) is 0 Å². The Kier molecular flexibility index (Phi) is 3.81. The predicted molar refractivity (Wildman–Crippen MR) is 69.6 cm³/mol. The number of nitrogens with zero attached hydrogens (tertiary/aromatic N) is 1. The van der Waals surface area contributed by atoms with Crippen LogP contribution in [0, 0.1) is 6.92 Å². The van der Waals surface area contributed by atoms with E-state index in [1.54, 1.807) is 19.4 Å². The molecule has 5 nitrogen and oxygen atoms in total. The standard InChI is InChI=1S/C13H19N3O2/c1-10-4-5-11(14-8-10)16-12(17)15-9-13(18-2)6-3-7-13/h4-5,8H,3,6-7,9H2,1-2H3,(H2,14,15,16,17).